The zero-order chi connectivity index (χ0) is 14.9. The van der Waals surface area contributed by atoms with E-state index in [2.05, 4.69) is 5.32 Å². The maximum atomic E-state index is 6.28. The second kappa shape index (κ2) is 6.19. The Bertz CT molecular complexity index is 686. The van der Waals surface area contributed by atoms with Gasteiger partial charge in [0.15, 0.2) is 0 Å². The van der Waals surface area contributed by atoms with E-state index >= 15 is 0 Å². The van der Waals surface area contributed by atoms with Crippen LogP contribution < -0.4 is 11.1 Å². The van der Waals surface area contributed by atoms with Crippen molar-refractivity contribution in [2.24, 2.45) is 5.73 Å². The van der Waals surface area contributed by atoms with Crippen LogP contribution in [0.15, 0.2) is 30.3 Å². The van der Waals surface area contributed by atoms with Crippen molar-refractivity contribution in [3.05, 3.63) is 56.5 Å². The molecular formula is C14H11Cl3N2S. The molecule has 0 heterocycles. The Hall–Kier alpha value is -1.000. The second-order valence-corrected chi connectivity index (χ2v) is 5.84. The summed E-state index contributed by atoms with van der Waals surface area (Å²) in [5, 5.41) is 4.69. The number of halogens is 3. The van der Waals surface area contributed by atoms with Crippen LogP contribution in [-0.4, -0.2) is 4.99 Å². The molecule has 2 rings (SSSR count). The fraction of sp³-hybridized carbons (Fsp3) is 0.0714. The van der Waals surface area contributed by atoms with Gasteiger partial charge in [-0.2, -0.15) is 0 Å². The first-order valence-corrected chi connectivity index (χ1v) is 7.26. The number of rotatable bonds is 3. The summed E-state index contributed by atoms with van der Waals surface area (Å²) in [6.45, 7) is 1.90. The van der Waals surface area contributed by atoms with Crippen LogP contribution in [0.4, 0.5) is 11.4 Å². The molecular weight excluding hydrogens is 335 g/mol. The molecule has 0 saturated heterocycles. The summed E-state index contributed by atoms with van der Waals surface area (Å²) >= 11 is 23.6. The molecule has 0 aliphatic heterocycles. The minimum Gasteiger partial charge on any atom is -0.389 e. The van der Waals surface area contributed by atoms with Gasteiger partial charge in [-0.15, -0.1) is 0 Å². The zero-order valence-corrected chi connectivity index (χ0v) is 13.6. The van der Waals surface area contributed by atoms with Crippen LogP contribution >= 0.6 is 47.0 Å². The van der Waals surface area contributed by atoms with E-state index in [9.17, 15) is 0 Å². The fourth-order valence-corrected chi connectivity index (χ4v) is 2.80. The molecule has 0 bridgehead atoms. The van der Waals surface area contributed by atoms with E-state index in [1.807, 2.05) is 19.1 Å². The lowest BCUT2D eigenvalue weighted by Gasteiger charge is -2.15. The lowest BCUT2D eigenvalue weighted by molar-refractivity contribution is 1.44. The van der Waals surface area contributed by atoms with E-state index in [0.717, 1.165) is 5.56 Å². The highest BCUT2D eigenvalue weighted by atomic mass is 35.5. The summed E-state index contributed by atoms with van der Waals surface area (Å²) in [5.74, 6) is 0. The Balaban J connectivity index is 2.54. The summed E-state index contributed by atoms with van der Waals surface area (Å²) in [7, 11) is 0. The highest BCUT2D eigenvalue weighted by Gasteiger charge is 2.14. The van der Waals surface area contributed by atoms with Gasteiger partial charge in [0.25, 0.3) is 0 Å². The van der Waals surface area contributed by atoms with Gasteiger partial charge in [-0.25, -0.2) is 0 Å². The first-order chi connectivity index (χ1) is 9.41. The third-order valence-corrected chi connectivity index (χ3v) is 4.13. The maximum absolute atomic E-state index is 6.28. The number of aryl methyl sites for hydroxylation is 1. The minimum atomic E-state index is 0.206. The quantitative estimate of drug-likeness (QED) is 0.738. The van der Waals surface area contributed by atoms with Gasteiger partial charge in [0, 0.05) is 0 Å². The molecule has 2 aromatic rings. The number of benzene rings is 2. The molecule has 3 N–H and O–H groups in total. The third kappa shape index (κ3) is 3.01. The van der Waals surface area contributed by atoms with Crippen molar-refractivity contribution in [1.29, 1.82) is 0 Å². The lowest BCUT2D eigenvalue weighted by Crippen LogP contribution is -2.12. The van der Waals surface area contributed by atoms with Gasteiger partial charge >= 0.3 is 0 Å². The molecule has 0 aliphatic rings. The number of nitrogens with one attached hydrogen (secondary N) is 1. The third-order valence-electron chi connectivity index (χ3n) is 2.80. The Morgan fingerprint density at radius 1 is 1.10 bits per heavy atom. The zero-order valence-electron chi connectivity index (χ0n) is 10.5. The molecule has 0 atom stereocenters. The highest BCUT2D eigenvalue weighted by molar-refractivity contribution is 7.80. The van der Waals surface area contributed by atoms with Gasteiger partial charge < -0.3 is 11.1 Å². The van der Waals surface area contributed by atoms with Gasteiger partial charge in [-0.1, -0.05) is 59.2 Å². The van der Waals surface area contributed by atoms with E-state index in [1.165, 1.54) is 0 Å². The van der Waals surface area contributed by atoms with Gasteiger partial charge in [0.1, 0.15) is 4.99 Å². The molecule has 104 valence electrons. The Labute approximate surface area is 137 Å². The Morgan fingerprint density at radius 3 is 2.45 bits per heavy atom. The van der Waals surface area contributed by atoms with Gasteiger partial charge in [-0.3, -0.25) is 0 Å². The molecule has 0 saturated carbocycles. The van der Waals surface area contributed by atoms with E-state index in [0.29, 0.717) is 32.0 Å². The van der Waals surface area contributed by atoms with Gasteiger partial charge in [-0.05, 0) is 30.7 Å². The Morgan fingerprint density at radius 2 is 1.80 bits per heavy atom. The predicted molar refractivity (Wildman–Crippen MR) is 91.8 cm³/mol. The first-order valence-electron chi connectivity index (χ1n) is 5.71. The van der Waals surface area contributed by atoms with Gasteiger partial charge in [0.05, 0.1) is 32.0 Å². The van der Waals surface area contributed by atoms with Crippen LogP contribution in [0.3, 0.4) is 0 Å². The number of thiocarbonyl (C=S) groups is 1. The summed E-state index contributed by atoms with van der Waals surface area (Å²) in [5.41, 5.74) is 8.47. The fourth-order valence-electron chi connectivity index (χ4n) is 1.78. The van der Waals surface area contributed by atoms with Crippen molar-refractivity contribution in [2.75, 3.05) is 5.32 Å². The standard InChI is InChI=1S/C14H11Cl3N2S/c1-7-5-6-9(16)13(12(7)17)19-10-4-2-3-8(15)11(10)14(18)20/h2-6,19H,1H3,(H2,18,20). The molecule has 6 heteroatoms. The number of hydrogen-bond donors (Lipinski definition) is 2. The smallest absolute Gasteiger partial charge is 0.107 e. The van der Waals surface area contributed by atoms with Crippen molar-refractivity contribution in [3.8, 4) is 0 Å². The molecule has 0 aliphatic carbocycles. The predicted octanol–water partition coefficient (Wildman–Crippen LogP) is 5.33. The average Bonchev–Trinajstić information content (AvgIpc) is 2.39. The van der Waals surface area contributed by atoms with Crippen LogP contribution in [0, 0.1) is 6.92 Å². The topological polar surface area (TPSA) is 38.0 Å². The monoisotopic (exact) mass is 344 g/mol. The van der Waals surface area contributed by atoms with Crippen LogP contribution in [0.1, 0.15) is 11.1 Å². The molecule has 0 aromatic heterocycles. The van der Waals surface area contributed by atoms with E-state index in [4.69, 9.17) is 52.8 Å². The van der Waals surface area contributed by atoms with Crippen molar-refractivity contribution >= 4 is 63.4 Å². The first kappa shape index (κ1) is 15.4. The molecule has 0 amide bonds. The number of anilines is 2. The summed E-state index contributed by atoms with van der Waals surface area (Å²) in [6.07, 6.45) is 0. The van der Waals surface area contributed by atoms with Crippen molar-refractivity contribution in [2.45, 2.75) is 6.92 Å². The van der Waals surface area contributed by atoms with Crippen molar-refractivity contribution in [1.82, 2.24) is 0 Å². The highest BCUT2D eigenvalue weighted by Crippen LogP contribution is 2.36. The molecule has 0 fully saturated rings. The summed E-state index contributed by atoms with van der Waals surface area (Å²) in [4.78, 5) is 0.206. The summed E-state index contributed by atoms with van der Waals surface area (Å²) in [6, 6.07) is 8.96. The van der Waals surface area contributed by atoms with Crippen LogP contribution in [0.25, 0.3) is 0 Å². The molecule has 0 spiro atoms. The van der Waals surface area contributed by atoms with E-state index in [1.54, 1.807) is 18.2 Å². The van der Waals surface area contributed by atoms with E-state index in [-0.39, 0.29) is 4.99 Å². The minimum absolute atomic E-state index is 0.206. The number of hydrogen-bond acceptors (Lipinski definition) is 2. The maximum Gasteiger partial charge on any atom is 0.107 e. The lowest BCUT2D eigenvalue weighted by atomic mass is 10.1. The van der Waals surface area contributed by atoms with E-state index < -0.39 is 0 Å². The normalized spacial score (nSPS) is 10.4. The molecule has 20 heavy (non-hydrogen) atoms. The molecule has 0 unspecified atom stereocenters. The average molecular weight is 346 g/mol. The van der Waals surface area contributed by atoms with Gasteiger partial charge in [0.2, 0.25) is 0 Å². The molecule has 2 nitrogen and oxygen atoms in total. The largest absolute Gasteiger partial charge is 0.389 e. The van der Waals surface area contributed by atoms with Crippen LogP contribution in [-0.2, 0) is 0 Å². The molecule has 0 radical (unpaired) electrons. The Kier molecular flexibility index (Phi) is 4.76. The summed E-state index contributed by atoms with van der Waals surface area (Å²) < 4.78 is 0. The number of nitrogens with two attached hydrogens (primary N) is 1. The van der Waals surface area contributed by atoms with Crippen molar-refractivity contribution in [3.63, 3.8) is 0 Å². The van der Waals surface area contributed by atoms with Crippen molar-refractivity contribution < 1.29 is 0 Å². The second-order valence-electron chi connectivity index (χ2n) is 4.20. The van der Waals surface area contributed by atoms with Crippen LogP contribution in [0.2, 0.25) is 15.1 Å². The van der Waals surface area contributed by atoms with Crippen LogP contribution in [0.5, 0.6) is 0 Å². The molecule has 2 aromatic carbocycles. The SMILES string of the molecule is Cc1ccc(Cl)c(Nc2cccc(Cl)c2C(N)=S)c1Cl.